The molecule has 3 nitrogen and oxygen atoms in total. The zero-order valence-corrected chi connectivity index (χ0v) is 12.8. The number of hydrogen-bond acceptors (Lipinski definition) is 2. The van der Waals surface area contributed by atoms with Crippen molar-refractivity contribution in [3.05, 3.63) is 66.0 Å². The number of halogens is 1. The maximum atomic E-state index is 12.1. The molecule has 1 heterocycles. The third-order valence-electron chi connectivity index (χ3n) is 2.92. The van der Waals surface area contributed by atoms with Gasteiger partial charge in [0.25, 0.3) is 0 Å². The fourth-order valence-corrected chi connectivity index (χ4v) is 1.87. The van der Waals surface area contributed by atoms with Crippen LogP contribution in [-0.2, 0) is 6.54 Å². The number of Topliss-reactive ketones (excluding diaryl/α,β-unsaturated/α-hetero) is 2. The Balaban J connectivity index is 0.00000200. The zero-order valence-electron chi connectivity index (χ0n) is 11.3. The molecule has 0 unspecified atom stereocenters. The van der Waals surface area contributed by atoms with E-state index in [2.05, 4.69) is 0 Å². The largest absolute Gasteiger partial charge is 1.00 e. The standard InChI is InChI=1S/C16H16NO2.BrH/c1-2-15(18)14-9-6-10-17(11-14)12-16(19)13-7-4-3-5-8-13;/h3-11H,2,12H2,1H3;1H/q+1;/p-1. The molecule has 0 amide bonds. The van der Waals surface area contributed by atoms with E-state index in [-0.39, 0.29) is 35.1 Å². The van der Waals surface area contributed by atoms with E-state index in [0.29, 0.717) is 17.5 Å². The average Bonchev–Trinajstić information content (AvgIpc) is 2.47. The molecule has 0 atom stereocenters. The van der Waals surface area contributed by atoms with Gasteiger partial charge in [0, 0.05) is 18.1 Å². The zero-order chi connectivity index (χ0) is 13.7. The normalized spacial score (nSPS) is 9.65. The van der Waals surface area contributed by atoms with E-state index in [1.807, 2.05) is 25.1 Å². The minimum atomic E-state index is 0. The average molecular weight is 334 g/mol. The van der Waals surface area contributed by atoms with E-state index in [9.17, 15) is 9.59 Å². The van der Waals surface area contributed by atoms with Gasteiger partial charge in [-0.05, 0) is 6.07 Å². The number of carbonyl (C=O) groups excluding carboxylic acids is 2. The highest BCUT2D eigenvalue weighted by Crippen LogP contribution is 2.02. The summed E-state index contributed by atoms with van der Waals surface area (Å²) in [5.74, 6) is 0.119. The first-order chi connectivity index (χ1) is 9.20. The molecule has 4 heteroatoms. The lowest BCUT2D eigenvalue weighted by Crippen LogP contribution is -3.00. The molecule has 0 saturated heterocycles. The Hall–Kier alpha value is -1.81. The predicted octanol–water partition coefficient (Wildman–Crippen LogP) is -0.546. The van der Waals surface area contributed by atoms with Crippen LogP contribution in [0.3, 0.4) is 0 Å². The number of ketones is 2. The number of carbonyl (C=O) groups is 2. The Bertz CT molecular complexity index is 596. The van der Waals surface area contributed by atoms with Gasteiger partial charge < -0.3 is 17.0 Å². The summed E-state index contributed by atoms with van der Waals surface area (Å²) in [6.45, 7) is 2.07. The minimum Gasteiger partial charge on any atom is -1.00 e. The van der Waals surface area contributed by atoms with Crippen molar-refractivity contribution < 1.29 is 31.1 Å². The highest BCUT2D eigenvalue weighted by molar-refractivity contribution is 5.96. The third kappa shape index (κ3) is 4.10. The van der Waals surface area contributed by atoms with Crippen LogP contribution in [0.25, 0.3) is 0 Å². The van der Waals surface area contributed by atoms with Crippen molar-refractivity contribution in [3.8, 4) is 0 Å². The van der Waals surface area contributed by atoms with Crippen LogP contribution in [0.5, 0.6) is 0 Å². The first kappa shape index (κ1) is 16.2. The van der Waals surface area contributed by atoms with Crippen LogP contribution < -0.4 is 21.5 Å². The Kier molecular flexibility index (Phi) is 6.25. The summed E-state index contributed by atoms with van der Waals surface area (Å²) in [4.78, 5) is 23.7. The monoisotopic (exact) mass is 333 g/mol. The summed E-state index contributed by atoms with van der Waals surface area (Å²) in [7, 11) is 0. The van der Waals surface area contributed by atoms with Gasteiger partial charge >= 0.3 is 0 Å². The number of pyridine rings is 1. The summed E-state index contributed by atoms with van der Waals surface area (Å²) in [5.41, 5.74) is 1.33. The van der Waals surface area contributed by atoms with Crippen molar-refractivity contribution in [2.75, 3.05) is 0 Å². The predicted molar refractivity (Wildman–Crippen MR) is 72.0 cm³/mol. The highest BCUT2D eigenvalue weighted by Gasteiger charge is 2.13. The lowest BCUT2D eigenvalue weighted by Gasteiger charge is -2.00. The van der Waals surface area contributed by atoms with Crippen LogP contribution in [0, 0.1) is 0 Å². The van der Waals surface area contributed by atoms with Gasteiger partial charge in [0.05, 0.1) is 5.56 Å². The molecule has 0 aliphatic rings. The Morgan fingerprint density at radius 3 is 2.25 bits per heavy atom. The van der Waals surface area contributed by atoms with Gasteiger partial charge in [-0.2, -0.15) is 4.57 Å². The molecule has 1 aromatic heterocycles. The first-order valence-electron chi connectivity index (χ1n) is 6.31. The molecule has 0 spiro atoms. The van der Waals surface area contributed by atoms with Crippen molar-refractivity contribution in [1.82, 2.24) is 0 Å². The number of aromatic nitrogens is 1. The molecule has 20 heavy (non-hydrogen) atoms. The molecule has 0 bridgehead atoms. The molecule has 2 aromatic rings. The summed E-state index contributed by atoms with van der Waals surface area (Å²) < 4.78 is 1.75. The van der Waals surface area contributed by atoms with E-state index in [0.717, 1.165) is 0 Å². The topological polar surface area (TPSA) is 38.0 Å². The van der Waals surface area contributed by atoms with Gasteiger partial charge in [-0.1, -0.05) is 37.3 Å². The Morgan fingerprint density at radius 2 is 1.60 bits per heavy atom. The van der Waals surface area contributed by atoms with E-state index in [4.69, 9.17) is 0 Å². The lowest BCUT2D eigenvalue weighted by atomic mass is 10.1. The molecule has 0 radical (unpaired) electrons. The molecule has 0 saturated carbocycles. The first-order valence-corrected chi connectivity index (χ1v) is 6.31. The van der Waals surface area contributed by atoms with Crippen molar-refractivity contribution >= 4 is 11.6 Å². The lowest BCUT2D eigenvalue weighted by molar-refractivity contribution is -0.683. The molecule has 0 fully saturated rings. The van der Waals surface area contributed by atoms with Crippen molar-refractivity contribution in [3.63, 3.8) is 0 Å². The maximum Gasteiger partial charge on any atom is 0.227 e. The van der Waals surface area contributed by atoms with Gasteiger partial charge in [0.1, 0.15) is 0 Å². The summed E-state index contributed by atoms with van der Waals surface area (Å²) in [6, 6.07) is 12.7. The number of rotatable bonds is 5. The van der Waals surface area contributed by atoms with Crippen LogP contribution in [0.1, 0.15) is 34.1 Å². The Labute approximate surface area is 129 Å². The smallest absolute Gasteiger partial charge is 0.227 e. The van der Waals surface area contributed by atoms with Crippen LogP contribution in [-0.4, -0.2) is 11.6 Å². The van der Waals surface area contributed by atoms with E-state index in [1.165, 1.54) is 0 Å². The highest BCUT2D eigenvalue weighted by atomic mass is 79.9. The van der Waals surface area contributed by atoms with Gasteiger partial charge in [-0.15, -0.1) is 0 Å². The van der Waals surface area contributed by atoms with Gasteiger partial charge in [-0.3, -0.25) is 9.59 Å². The Morgan fingerprint density at radius 1 is 0.950 bits per heavy atom. The number of hydrogen-bond donors (Lipinski definition) is 0. The second-order valence-corrected chi connectivity index (χ2v) is 4.33. The number of benzene rings is 1. The van der Waals surface area contributed by atoms with Crippen LogP contribution in [0.4, 0.5) is 0 Å². The molecule has 0 N–H and O–H groups in total. The second-order valence-electron chi connectivity index (χ2n) is 4.33. The minimum absolute atomic E-state index is 0. The molecule has 2 rings (SSSR count). The van der Waals surface area contributed by atoms with Crippen LogP contribution >= 0.6 is 0 Å². The van der Waals surface area contributed by atoms with Crippen molar-refractivity contribution in [1.29, 1.82) is 0 Å². The van der Waals surface area contributed by atoms with Gasteiger partial charge in [0.2, 0.25) is 12.3 Å². The second kappa shape index (κ2) is 7.70. The molecule has 0 aliphatic carbocycles. The molecular formula is C16H16BrNO2. The number of nitrogens with zero attached hydrogens (tertiary/aromatic N) is 1. The van der Waals surface area contributed by atoms with Crippen molar-refractivity contribution in [2.24, 2.45) is 0 Å². The fraction of sp³-hybridized carbons (Fsp3) is 0.188. The molecular weight excluding hydrogens is 318 g/mol. The fourth-order valence-electron chi connectivity index (χ4n) is 1.87. The summed E-state index contributed by atoms with van der Waals surface area (Å²) in [5, 5.41) is 0. The van der Waals surface area contributed by atoms with Crippen molar-refractivity contribution in [2.45, 2.75) is 19.9 Å². The molecule has 1 aromatic carbocycles. The van der Waals surface area contributed by atoms with Crippen LogP contribution in [0.2, 0.25) is 0 Å². The quantitative estimate of drug-likeness (QED) is 0.544. The molecule has 0 aliphatic heterocycles. The summed E-state index contributed by atoms with van der Waals surface area (Å²) in [6.07, 6.45) is 4.00. The summed E-state index contributed by atoms with van der Waals surface area (Å²) >= 11 is 0. The van der Waals surface area contributed by atoms with Gasteiger partial charge in [0.15, 0.2) is 18.2 Å². The van der Waals surface area contributed by atoms with E-state index in [1.54, 1.807) is 41.2 Å². The molecule has 104 valence electrons. The maximum absolute atomic E-state index is 12.1. The van der Waals surface area contributed by atoms with E-state index >= 15 is 0 Å². The third-order valence-corrected chi connectivity index (χ3v) is 2.92. The van der Waals surface area contributed by atoms with Crippen LogP contribution in [0.15, 0.2) is 54.9 Å². The van der Waals surface area contributed by atoms with E-state index < -0.39 is 0 Å². The van der Waals surface area contributed by atoms with Gasteiger partial charge in [-0.25, -0.2) is 0 Å². The SMILES string of the molecule is CCC(=O)c1ccc[n+](CC(=O)c2ccccc2)c1.[Br-].